The summed E-state index contributed by atoms with van der Waals surface area (Å²) < 4.78 is 0. The first-order chi connectivity index (χ1) is 9.40. The molecule has 0 radical (unpaired) electrons. The van der Waals surface area contributed by atoms with Crippen molar-refractivity contribution in [2.75, 3.05) is 5.73 Å². The van der Waals surface area contributed by atoms with Crippen LogP contribution >= 0.6 is 35.0 Å². The van der Waals surface area contributed by atoms with Crippen LogP contribution in [0.2, 0.25) is 10.0 Å². The Balaban J connectivity index is 2.51. The van der Waals surface area contributed by atoms with Crippen LogP contribution in [0.5, 0.6) is 0 Å². The van der Waals surface area contributed by atoms with E-state index in [0.29, 0.717) is 25.5 Å². The Morgan fingerprint density at radius 1 is 1.25 bits per heavy atom. The van der Waals surface area contributed by atoms with Crippen LogP contribution in [-0.2, 0) is 0 Å². The fourth-order valence-corrected chi connectivity index (χ4v) is 3.08. The maximum Gasteiger partial charge on any atom is 0.284 e. The summed E-state index contributed by atoms with van der Waals surface area (Å²) in [4.78, 5) is 11.6. The van der Waals surface area contributed by atoms with Gasteiger partial charge in [-0.15, -0.1) is 0 Å². The first-order valence-corrected chi connectivity index (χ1v) is 7.13. The average Bonchev–Trinajstić information content (AvgIpc) is 2.40. The predicted molar refractivity (Wildman–Crippen MR) is 82.8 cm³/mol. The monoisotopic (exact) mass is 328 g/mol. The van der Waals surface area contributed by atoms with Gasteiger partial charge in [0.25, 0.3) is 5.69 Å². The second kappa shape index (κ2) is 5.91. The van der Waals surface area contributed by atoms with Crippen LogP contribution in [0, 0.1) is 17.0 Å². The van der Waals surface area contributed by atoms with Gasteiger partial charge < -0.3 is 5.73 Å². The van der Waals surface area contributed by atoms with Crippen molar-refractivity contribution in [1.29, 1.82) is 0 Å². The lowest BCUT2D eigenvalue weighted by molar-refractivity contribution is -0.387. The van der Waals surface area contributed by atoms with Gasteiger partial charge >= 0.3 is 0 Å². The number of halogens is 2. The van der Waals surface area contributed by atoms with Crippen molar-refractivity contribution in [3.8, 4) is 0 Å². The molecule has 0 fully saturated rings. The molecule has 0 aromatic heterocycles. The molecule has 4 nitrogen and oxygen atoms in total. The van der Waals surface area contributed by atoms with E-state index in [1.807, 2.05) is 6.92 Å². The van der Waals surface area contributed by atoms with Gasteiger partial charge in [0.05, 0.1) is 25.4 Å². The Morgan fingerprint density at radius 3 is 2.60 bits per heavy atom. The third kappa shape index (κ3) is 3.00. The molecule has 0 aliphatic carbocycles. The largest absolute Gasteiger partial charge is 0.398 e. The van der Waals surface area contributed by atoms with Crippen molar-refractivity contribution < 1.29 is 4.92 Å². The molecule has 104 valence electrons. The summed E-state index contributed by atoms with van der Waals surface area (Å²) in [7, 11) is 0. The first kappa shape index (κ1) is 15.0. The Labute approximate surface area is 130 Å². The van der Waals surface area contributed by atoms with E-state index in [-0.39, 0.29) is 5.69 Å². The molecule has 20 heavy (non-hydrogen) atoms. The van der Waals surface area contributed by atoms with Crippen LogP contribution in [0.15, 0.2) is 40.1 Å². The fourth-order valence-electron chi connectivity index (χ4n) is 1.60. The zero-order valence-corrected chi connectivity index (χ0v) is 12.7. The molecule has 0 aliphatic rings. The van der Waals surface area contributed by atoms with E-state index < -0.39 is 4.92 Å². The Kier molecular flexibility index (Phi) is 4.42. The number of benzene rings is 2. The van der Waals surface area contributed by atoms with E-state index in [1.54, 1.807) is 24.3 Å². The fraction of sp³-hybridized carbons (Fsp3) is 0.0769. The first-order valence-electron chi connectivity index (χ1n) is 5.56. The van der Waals surface area contributed by atoms with Gasteiger partial charge in [0.2, 0.25) is 0 Å². The summed E-state index contributed by atoms with van der Waals surface area (Å²) >= 11 is 13.1. The van der Waals surface area contributed by atoms with Gasteiger partial charge in [0, 0.05) is 11.1 Å². The third-order valence-corrected chi connectivity index (χ3v) is 4.57. The molecule has 0 bridgehead atoms. The molecule has 0 heterocycles. The lowest BCUT2D eigenvalue weighted by Gasteiger charge is -2.10. The standard InChI is InChI=1S/C13H10Cl2N2O2S/c1-7-2-4-9(15)13(12(7)16)20-11-5-3-8(14)6-10(11)17(18)19/h2-6H,16H2,1H3. The van der Waals surface area contributed by atoms with Gasteiger partial charge in [-0.1, -0.05) is 41.0 Å². The van der Waals surface area contributed by atoms with Gasteiger partial charge in [0.15, 0.2) is 0 Å². The summed E-state index contributed by atoms with van der Waals surface area (Å²) in [5.74, 6) is 0. The highest BCUT2D eigenvalue weighted by molar-refractivity contribution is 7.99. The van der Waals surface area contributed by atoms with E-state index >= 15 is 0 Å². The topological polar surface area (TPSA) is 69.2 Å². The number of aryl methyl sites for hydroxylation is 1. The predicted octanol–water partition coefficient (Wildman–Crippen LogP) is 4.94. The zero-order chi connectivity index (χ0) is 14.9. The van der Waals surface area contributed by atoms with Crippen LogP contribution in [0.25, 0.3) is 0 Å². The molecule has 2 rings (SSSR count). The van der Waals surface area contributed by atoms with Crippen LogP contribution in [0.3, 0.4) is 0 Å². The summed E-state index contributed by atoms with van der Waals surface area (Å²) in [6.45, 7) is 1.85. The Bertz CT molecular complexity index is 692. The minimum absolute atomic E-state index is 0.0699. The summed E-state index contributed by atoms with van der Waals surface area (Å²) in [6, 6.07) is 8.01. The minimum Gasteiger partial charge on any atom is -0.398 e. The second-order valence-electron chi connectivity index (χ2n) is 4.08. The Hall–Kier alpha value is -1.43. The number of nitro groups is 1. The summed E-state index contributed by atoms with van der Waals surface area (Å²) in [6.07, 6.45) is 0. The molecule has 2 aromatic rings. The molecule has 7 heteroatoms. The van der Waals surface area contributed by atoms with Gasteiger partial charge in [0.1, 0.15) is 0 Å². The Morgan fingerprint density at radius 2 is 1.95 bits per heavy atom. The number of nitro benzene ring substituents is 1. The average molecular weight is 329 g/mol. The van der Waals surface area contributed by atoms with E-state index in [0.717, 1.165) is 17.3 Å². The van der Waals surface area contributed by atoms with Gasteiger partial charge in [-0.25, -0.2) is 0 Å². The number of nitrogen functional groups attached to an aromatic ring is 1. The van der Waals surface area contributed by atoms with Gasteiger partial charge in [-0.3, -0.25) is 10.1 Å². The summed E-state index contributed by atoms with van der Waals surface area (Å²) in [5.41, 5.74) is 7.31. The van der Waals surface area contributed by atoms with Gasteiger partial charge in [-0.2, -0.15) is 0 Å². The van der Waals surface area contributed by atoms with Crippen LogP contribution in [-0.4, -0.2) is 4.92 Å². The van der Waals surface area contributed by atoms with Crippen LogP contribution in [0.1, 0.15) is 5.56 Å². The van der Waals surface area contributed by atoms with Crippen molar-refractivity contribution in [2.24, 2.45) is 0 Å². The molecular weight excluding hydrogens is 319 g/mol. The highest BCUT2D eigenvalue weighted by Crippen LogP contribution is 2.42. The SMILES string of the molecule is Cc1ccc(Cl)c(Sc2ccc(Cl)cc2[N+](=O)[O-])c1N. The van der Waals surface area contributed by atoms with Crippen molar-refractivity contribution in [2.45, 2.75) is 16.7 Å². The van der Waals surface area contributed by atoms with E-state index in [2.05, 4.69) is 0 Å². The maximum absolute atomic E-state index is 11.1. The van der Waals surface area contributed by atoms with Crippen LogP contribution < -0.4 is 5.73 Å². The maximum atomic E-state index is 11.1. The molecule has 2 N–H and O–H groups in total. The number of anilines is 1. The third-order valence-electron chi connectivity index (χ3n) is 2.70. The number of hydrogen-bond acceptors (Lipinski definition) is 4. The van der Waals surface area contributed by atoms with Crippen molar-refractivity contribution in [3.05, 3.63) is 56.1 Å². The smallest absolute Gasteiger partial charge is 0.284 e. The lowest BCUT2D eigenvalue weighted by Crippen LogP contribution is -1.95. The highest BCUT2D eigenvalue weighted by Gasteiger charge is 2.18. The number of nitrogens with two attached hydrogens (primary N) is 1. The van der Waals surface area contributed by atoms with Gasteiger partial charge in [-0.05, 0) is 30.7 Å². The lowest BCUT2D eigenvalue weighted by atomic mass is 10.2. The minimum atomic E-state index is -0.478. The molecule has 2 aromatic carbocycles. The number of nitrogens with zero attached hydrogens (tertiary/aromatic N) is 1. The molecule has 0 amide bonds. The molecule has 0 saturated heterocycles. The quantitative estimate of drug-likeness (QED) is 0.492. The second-order valence-corrected chi connectivity index (χ2v) is 5.97. The normalized spacial score (nSPS) is 10.6. The van der Waals surface area contributed by atoms with Crippen LogP contribution in [0.4, 0.5) is 11.4 Å². The van der Waals surface area contributed by atoms with Crippen molar-refractivity contribution in [3.63, 3.8) is 0 Å². The van der Waals surface area contributed by atoms with E-state index in [1.165, 1.54) is 6.07 Å². The summed E-state index contributed by atoms with van der Waals surface area (Å²) in [5, 5.41) is 11.8. The molecule has 0 aliphatic heterocycles. The molecule has 0 atom stereocenters. The van der Waals surface area contributed by atoms with Crippen molar-refractivity contribution in [1.82, 2.24) is 0 Å². The molecule has 0 unspecified atom stereocenters. The number of rotatable bonds is 3. The van der Waals surface area contributed by atoms with E-state index in [4.69, 9.17) is 28.9 Å². The van der Waals surface area contributed by atoms with E-state index in [9.17, 15) is 10.1 Å². The molecule has 0 spiro atoms. The zero-order valence-electron chi connectivity index (χ0n) is 10.4. The highest BCUT2D eigenvalue weighted by atomic mass is 35.5. The van der Waals surface area contributed by atoms with Crippen molar-refractivity contribution >= 4 is 46.3 Å². The molecular formula is C13H10Cl2N2O2S. The number of hydrogen-bond donors (Lipinski definition) is 1. The molecule has 0 saturated carbocycles.